The number of nitrogens with zero attached hydrogens (tertiary/aromatic N) is 2. The van der Waals surface area contributed by atoms with Crippen LogP contribution in [0.5, 0.6) is 0 Å². The lowest BCUT2D eigenvalue weighted by Gasteiger charge is -2.08. The number of nitrogens with one attached hydrogen (secondary N) is 1. The summed E-state index contributed by atoms with van der Waals surface area (Å²) < 4.78 is 26.8. The average molecular weight is 292 g/mol. The quantitative estimate of drug-likeness (QED) is 0.846. The predicted octanol–water partition coefficient (Wildman–Crippen LogP) is 0.722. The summed E-state index contributed by atoms with van der Waals surface area (Å²) in [5, 5.41) is 0. The Labute approximate surface area is 118 Å². The van der Waals surface area contributed by atoms with E-state index in [9.17, 15) is 8.42 Å². The summed E-state index contributed by atoms with van der Waals surface area (Å²) in [6.45, 7) is 2.38. The van der Waals surface area contributed by atoms with Crippen LogP contribution in [0, 0.1) is 6.92 Å². The molecule has 0 radical (unpaired) electrons. The van der Waals surface area contributed by atoms with Crippen molar-refractivity contribution in [3.8, 4) is 0 Å². The Kier molecular flexibility index (Phi) is 4.43. The van der Waals surface area contributed by atoms with Gasteiger partial charge in [-0.15, -0.1) is 0 Å². The zero-order chi connectivity index (χ0) is 14.6. The molecule has 0 amide bonds. The zero-order valence-corrected chi connectivity index (χ0v) is 11.9. The van der Waals surface area contributed by atoms with E-state index < -0.39 is 10.0 Å². The predicted molar refractivity (Wildman–Crippen MR) is 75.1 cm³/mol. The first-order valence-electron chi connectivity index (χ1n) is 6.07. The molecule has 7 heteroatoms. The molecule has 0 bridgehead atoms. The van der Waals surface area contributed by atoms with Crippen LogP contribution >= 0.6 is 0 Å². The van der Waals surface area contributed by atoms with Gasteiger partial charge in [-0.1, -0.05) is 0 Å². The van der Waals surface area contributed by atoms with E-state index in [1.54, 1.807) is 24.5 Å². The van der Waals surface area contributed by atoms with Crippen molar-refractivity contribution in [2.45, 2.75) is 24.9 Å². The van der Waals surface area contributed by atoms with Crippen molar-refractivity contribution in [3.05, 3.63) is 53.6 Å². The number of nitrogens with two attached hydrogens (primary N) is 1. The molecule has 0 aliphatic carbocycles. The summed E-state index contributed by atoms with van der Waals surface area (Å²) in [5.74, 6) is 0. The van der Waals surface area contributed by atoms with Gasteiger partial charge < -0.3 is 5.73 Å². The molecule has 6 nitrogen and oxygen atoms in total. The fourth-order valence-corrected chi connectivity index (χ4v) is 2.60. The number of hydrogen-bond acceptors (Lipinski definition) is 5. The molecule has 2 heterocycles. The summed E-state index contributed by atoms with van der Waals surface area (Å²) in [6, 6.07) is 4.89. The van der Waals surface area contributed by atoms with Gasteiger partial charge in [0.15, 0.2) is 0 Å². The minimum atomic E-state index is -3.57. The van der Waals surface area contributed by atoms with Crippen LogP contribution in [0.2, 0.25) is 0 Å². The molecule has 0 spiro atoms. The first-order chi connectivity index (χ1) is 9.53. The highest BCUT2D eigenvalue weighted by atomic mass is 32.2. The van der Waals surface area contributed by atoms with Gasteiger partial charge in [0.05, 0.1) is 5.69 Å². The zero-order valence-electron chi connectivity index (χ0n) is 11.1. The van der Waals surface area contributed by atoms with Gasteiger partial charge in [0, 0.05) is 31.7 Å². The SMILES string of the molecule is Cc1cnccc1CNS(=O)(=O)c1ccc(CN)nc1. The normalized spacial score (nSPS) is 11.5. The van der Waals surface area contributed by atoms with Crippen LogP contribution in [0.3, 0.4) is 0 Å². The lowest BCUT2D eigenvalue weighted by molar-refractivity contribution is 0.580. The van der Waals surface area contributed by atoms with E-state index in [0.29, 0.717) is 5.69 Å². The van der Waals surface area contributed by atoms with E-state index in [-0.39, 0.29) is 18.0 Å². The maximum absolute atomic E-state index is 12.1. The van der Waals surface area contributed by atoms with Crippen LogP contribution in [0.4, 0.5) is 0 Å². The van der Waals surface area contributed by atoms with Gasteiger partial charge in [0.25, 0.3) is 0 Å². The van der Waals surface area contributed by atoms with Gasteiger partial charge in [-0.25, -0.2) is 13.1 Å². The summed E-state index contributed by atoms with van der Waals surface area (Å²) in [6.07, 6.45) is 4.64. The second kappa shape index (κ2) is 6.08. The molecule has 106 valence electrons. The van der Waals surface area contributed by atoms with E-state index >= 15 is 0 Å². The molecule has 0 aliphatic heterocycles. The van der Waals surface area contributed by atoms with Gasteiger partial charge in [-0.05, 0) is 36.2 Å². The first-order valence-corrected chi connectivity index (χ1v) is 7.55. The number of hydrogen-bond donors (Lipinski definition) is 2. The molecule has 3 N–H and O–H groups in total. The van der Waals surface area contributed by atoms with Gasteiger partial charge in [0.1, 0.15) is 4.90 Å². The fraction of sp³-hybridized carbons (Fsp3) is 0.231. The second-order valence-electron chi connectivity index (χ2n) is 4.32. The molecule has 20 heavy (non-hydrogen) atoms. The largest absolute Gasteiger partial charge is 0.325 e. The van der Waals surface area contributed by atoms with Gasteiger partial charge in [-0.2, -0.15) is 0 Å². The molecule has 0 fully saturated rings. The number of rotatable bonds is 5. The highest BCUT2D eigenvalue weighted by Crippen LogP contribution is 2.10. The van der Waals surface area contributed by atoms with Crippen molar-refractivity contribution < 1.29 is 8.42 Å². The van der Waals surface area contributed by atoms with E-state index in [1.165, 1.54) is 12.3 Å². The fourth-order valence-electron chi connectivity index (χ4n) is 1.65. The molecular formula is C13H16N4O2S. The highest BCUT2D eigenvalue weighted by Gasteiger charge is 2.14. The Bertz CT molecular complexity index is 684. The van der Waals surface area contributed by atoms with Crippen LogP contribution in [0.1, 0.15) is 16.8 Å². The summed E-state index contributed by atoms with van der Waals surface area (Å²) >= 11 is 0. The maximum atomic E-state index is 12.1. The average Bonchev–Trinajstić information content (AvgIpc) is 2.46. The van der Waals surface area contributed by atoms with Crippen LogP contribution in [-0.2, 0) is 23.1 Å². The third-order valence-electron chi connectivity index (χ3n) is 2.91. The lowest BCUT2D eigenvalue weighted by Crippen LogP contribution is -2.24. The molecule has 0 aliphatic rings. The molecule has 0 atom stereocenters. The number of sulfonamides is 1. The summed E-state index contributed by atoms with van der Waals surface area (Å²) in [7, 11) is -3.57. The molecule has 0 aromatic carbocycles. The standard InChI is InChI=1S/C13H16N4O2S/c1-10-7-15-5-4-11(10)8-17-20(18,19)13-3-2-12(6-14)16-9-13/h2-5,7,9,17H,6,8,14H2,1H3. The Morgan fingerprint density at radius 1 is 1.25 bits per heavy atom. The molecule has 0 saturated carbocycles. The van der Waals surface area contributed by atoms with Gasteiger partial charge in [0.2, 0.25) is 10.0 Å². The van der Waals surface area contributed by atoms with Gasteiger partial charge in [-0.3, -0.25) is 9.97 Å². The molecule has 0 unspecified atom stereocenters. The maximum Gasteiger partial charge on any atom is 0.242 e. The van der Waals surface area contributed by atoms with Crippen LogP contribution in [0.25, 0.3) is 0 Å². The second-order valence-corrected chi connectivity index (χ2v) is 6.08. The summed E-state index contributed by atoms with van der Waals surface area (Å²) in [5.41, 5.74) is 7.90. The summed E-state index contributed by atoms with van der Waals surface area (Å²) in [4.78, 5) is 8.08. The van der Waals surface area contributed by atoms with Crippen molar-refractivity contribution >= 4 is 10.0 Å². The van der Waals surface area contributed by atoms with E-state index in [4.69, 9.17) is 5.73 Å². The Balaban J connectivity index is 2.13. The first kappa shape index (κ1) is 14.6. The number of aryl methyl sites for hydroxylation is 1. The Morgan fingerprint density at radius 2 is 2.05 bits per heavy atom. The number of pyridine rings is 2. The minimum absolute atomic E-state index is 0.126. The lowest BCUT2D eigenvalue weighted by atomic mass is 10.2. The van der Waals surface area contributed by atoms with Crippen molar-refractivity contribution in [3.63, 3.8) is 0 Å². The highest BCUT2D eigenvalue weighted by molar-refractivity contribution is 7.89. The molecule has 2 aromatic heterocycles. The Hall–Kier alpha value is -1.83. The smallest absolute Gasteiger partial charge is 0.242 e. The number of aromatic nitrogens is 2. The molecule has 2 aromatic rings. The van der Waals surface area contributed by atoms with Crippen molar-refractivity contribution in [2.24, 2.45) is 5.73 Å². The third-order valence-corrected chi connectivity index (χ3v) is 4.29. The van der Waals surface area contributed by atoms with Crippen molar-refractivity contribution in [1.82, 2.24) is 14.7 Å². The van der Waals surface area contributed by atoms with Crippen molar-refractivity contribution in [1.29, 1.82) is 0 Å². The van der Waals surface area contributed by atoms with E-state index in [0.717, 1.165) is 11.1 Å². The molecular weight excluding hydrogens is 276 g/mol. The monoisotopic (exact) mass is 292 g/mol. The van der Waals surface area contributed by atoms with Crippen LogP contribution < -0.4 is 10.5 Å². The molecule has 2 rings (SSSR count). The van der Waals surface area contributed by atoms with Gasteiger partial charge >= 0.3 is 0 Å². The minimum Gasteiger partial charge on any atom is -0.325 e. The van der Waals surface area contributed by atoms with Crippen LogP contribution in [-0.4, -0.2) is 18.4 Å². The van der Waals surface area contributed by atoms with Crippen LogP contribution in [0.15, 0.2) is 41.7 Å². The Morgan fingerprint density at radius 3 is 2.65 bits per heavy atom. The molecule has 0 saturated heterocycles. The van der Waals surface area contributed by atoms with E-state index in [1.807, 2.05) is 6.92 Å². The van der Waals surface area contributed by atoms with Crippen molar-refractivity contribution in [2.75, 3.05) is 0 Å². The third kappa shape index (κ3) is 3.38. The topological polar surface area (TPSA) is 98.0 Å². The van der Waals surface area contributed by atoms with E-state index in [2.05, 4.69) is 14.7 Å².